The van der Waals surface area contributed by atoms with E-state index in [1.54, 1.807) is 24.3 Å². The number of carbonyl (C=O) groups excluding carboxylic acids is 1. The highest BCUT2D eigenvalue weighted by atomic mass is 19.1. The van der Waals surface area contributed by atoms with Crippen LogP contribution in [0.2, 0.25) is 0 Å². The second kappa shape index (κ2) is 4.62. The first-order valence-electron chi connectivity index (χ1n) is 7.22. The summed E-state index contributed by atoms with van der Waals surface area (Å²) < 4.78 is 27.3. The molecule has 116 valence electrons. The number of nitrogens with zero attached hydrogens (tertiary/aromatic N) is 1. The highest BCUT2D eigenvalue weighted by molar-refractivity contribution is 6.12. The molecule has 1 fully saturated rings. The topological polar surface area (TPSA) is 67.5 Å². The molecule has 2 aromatic carbocycles. The molecule has 0 bridgehead atoms. The lowest BCUT2D eigenvalue weighted by Gasteiger charge is -2.22. The van der Waals surface area contributed by atoms with Crippen molar-refractivity contribution in [1.29, 1.82) is 0 Å². The summed E-state index contributed by atoms with van der Waals surface area (Å²) in [6.45, 7) is 0. The number of anilines is 1. The van der Waals surface area contributed by atoms with Gasteiger partial charge in [-0.2, -0.15) is 0 Å². The van der Waals surface area contributed by atoms with E-state index in [9.17, 15) is 13.6 Å². The van der Waals surface area contributed by atoms with Crippen molar-refractivity contribution in [3.05, 3.63) is 65.2 Å². The van der Waals surface area contributed by atoms with Crippen LogP contribution in [0, 0.1) is 17.6 Å². The zero-order valence-electron chi connectivity index (χ0n) is 12.0. The SMILES string of the molecule is Nc1ccc(C2=NC3(c4ccc(F)cc4F)CC3C(=O)N2)cc1. The van der Waals surface area contributed by atoms with Gasteiger partial charge in [-0.3, -0.25) is 9.79 Å². The van der Waals surface area contributed by atoms with E-state index in [-0.39, 0.29) is 11.5 Å². The Morgan fingerprint density at radius 2 is 1.91 bits per heavy atom. The van der Waals surface area contributed by atoms with Gasteiger partial charge in [-0.05, 0) is 36.8 Å². The van der Waals surface area contributed by atoms with Crippen LogP contribution in [0.4, 0.5) is 14.5 Å². The molecule has 4 rings (SSSR count). The van der Waals surface area contributed by atoms with Crippen molar-refractivity contribution in [2.45, 2.75) is 12.0 Å². The van der Waals surface area contributed by atoms with Crippen LogP contribution in [0.15, 0.2) is 47.5 Å². The molecule has 2 unspecified atom stereocenters. The smallest absolute Gasteiger partial charge is 0.231 e. The minimum Gasteiger partial charge on any atom is -0.399 e. The Morgan fingerprint density at radius 1 is 1.17 bits per heavy atom. The molecule has 1 heterocycles. The summed E-state index contributed by atoms with van der Waals surface area (Å²) in [5.41, 5.74) is 6.27. The first-order valence-corrected chi connectivity index (χ1v) is 7.22. The normalized spacial score (nSPS) is 25.4. The fourth-order valence-electron chi connectivity index (χ4n) is 3.09. The maximum absolute atomic E-state index is 14.2. The third kappa shape index (κ3) is 2.10. The Bertz CT molecular complexity index is 847. The average molecular weight is 313 g/mol. The lowest BCUT2D eigenvalue weighted by molar-refractivity contribution is -0.121. The van der Waals surface area contributed by atoms with Gasteiger partial charge in [-0.25, -0.2) is 8.78 Å². The van der Waals surface area contributed by atoms with Crippen LogP contribution in [0.25, 0.3) is 0 Å². The zero-order chi connectivity index (χ0) is 16.2. The highest BCUT2D eigenvalue weighted by Crippen LogP contribution is 2.57. The van der Waals surface area contributed by atoms with Crippen molar-refractivity contribution in [3.63, 3.8) is 0 Å². The van der Waals surface area contributed by atoms with Crippen LogP contribution in [0.5, 0.6) is 0 Å². The number of hydrogen-bond acceptors (Lipinski definition) is 3. The number of aliphatic imine (C=N–C) groups is 1. The van der Waals surface area contributed by atoms with E-state index in [2.05, 4.69) is 10.3 Å². The highest BCUT2D eigenvalue weighted by Gasteiger charge is 2.63. The molecule has 0 saturated heterocycles. The van der Waals surface area contributed by atoms with Crippen molar-refractivity contribution < 1.29 is 13.6 Å². The fraction of sp³-hybridized carbons (Fsp3) is 0.176. The van der Waals surface area contributed by atoms with E-state index in [0.717, 1.165) is 6.07 Å². The second-order valence-corrected chi connectivity index (χ2v) is 5.88. The molecule has 1 aliphatic heterocycles. The summed E-state index contributed by atoms with van der Waals surface area (Å²) in [5.74, 6) is -1.56. The van der Waals surface area contributed by atoms with Crippen molar-refractivity contribution in [2.75, 3.05) is 5.73 Å². The van der Waals surface area contributed by atoms with Crippen LogP contribution >= 0.6 is 0 Å². The molecule has 2 aliphatic rings. The number of halogens is 2. The second-order valence-electron chi connectivity index (χ2n) is 5.88. The van der Waals surface area contributed by atoms with Crippen LogP contribution in [0.3, 0.4) is 0 Å². The quantitative estimate of drug-likeness (QED) is 0.836. The van der Waals surface area contributed by atoms with Gasteiger partial charge >= 0.3 is 0 Å². The van der Waals surface area contributed by atoms with Gasteiger partial charge in [0.05, 0.1) is 5.92 Å². The third-order valence-electron chi connectivity index (χ3n) is 4.38. The molecule has 3 N–H and O–H groups in total. The summed E-state index contributed by atoms with van der Waals surface area (Å²) >= 11 is 0. The van der Waals surface area contributed by atoms with Gasteiger partial charge in [-0.15, -0.1) is 0 Å². The molecule has 1 aliphatic carbocycles. The van der Waals surface area contributed by atoms with Crippen LogP contribution in [-0.2, 0) is 10.3 Å². The van der Waals surface area contributed by atoms with Crippen LogP contribution < -0.4 is 11.1 Å². The van der Waals surface area contributed by atoms with Gasteiger partial charge in [-0.1, -0.05) is 6.07 Å². The summed E-state index contributed by atoms with van der Waals surface area (Å²) in [4.78, 5) is 16.8. The molecule has 1 amide bonds. The Morgan fingerprint density at radius 3 is 2.61 bits per heavy atom. The van der Waals surface area contributed by atoms with Gasteiger partial charge in [0.1, 0.15) is 23.0 Å². The minimum atomic E-state index is -0.934. The first kappa shape index (κ1) is 13.9. The predicted molar refractivity (Wildman–Crippen MR) is 81.7 cm³/mol. The van der Waals surface area contributed by atoms with Crippen molar-refractivity contribution in [1.82, 2.24) is 5.32 Å². The number of hydrogen-bond donors (Lipinski definition) is 2. The summed E-state index contributed by atoms with van der Waals surface area (Å²) in [6, 6.07) is 10.3. The Kier molecular flexibility index (Phi) is 2.78. The molecule has 0 aromatic heterocycles. The van der Waals surface area contributed by atoms with Crippen molar-refractivity contribution in [3.8, 4) is 0 Å². The summed E-state index contributed by atoms with van der Waals surface area (Å²) in [5, 5.41) is 2.74. The molecule has 1 saturated carbocycles. The van der Waals surface area contributed by atoms with Gasteiger partial charge in [0, 0.05) is 22.9 Å². The first-order chi connectivity index (χ1) is 11.0. The van der Waals surface area contributed by atoms with Gasteiger partial charge in [0.2, 0.25) is 5.91 Å². The van der Waals surface area contributed by atoms with E-state index in [1.165, 1.54) is 12.1 Å². The maximum Gasteiger partial charge on any atom is 0.231 e. The van der Waals surface area contributed by atoms with E-state index >= 15 is 0 Å². The average Bonchev–Trinajstić information content (AvgIpc) is 3.24. The molecule has 0 spiro atoms. The van der Waals surface area contributed by atoms with Gasteiger partial charge in [0.25, 0.3) is 0 Å². The molecular formula is C17H13F2N3O. The minimum absolute atomic E-state index is 0.199. The van der Waals surface area contributed by atoms with Crippen LogP contribution in [0.1, 0.15) is 17.5 Å². The number of amidine groups is 1. The summed E-state index contributed by atoms with van der Waals surface area (Å²) in [7, 11) is 0. The summed E-state index contributed by atoms with van der Waals surface area (Å²) in [6.07, 6.45) is 0.417. The lowest BCUT2D eigenvalue weighted by atomic mass is 9.99. The number of nitrogens with two attached hydrogens (primary N) is 1. The van der Waals surface area contributed by atoms with E-state index in [0.29, 0.717) is 23.5 Å². The van der Waals surface area contributed by atoms with Crippen molar-refractivity contribution in [2.24, 2.45) is 10.9 Å². The molecule has 2 atom stereocenters. The number of carbonyl (C=O) groups is 1. The zero-order valence-corrected chi connectivity index (χ0v) is 12.0. The molecule has 6 heteroatoms. The van der Waals surface area contributed by atoms with E-state index < -0.39 is 23.1 Å². The van der Waals surface area contributed by atoms with E-state index in [4.69, 9.17) is 5.73 Å². The molecular weight excluding hydrogens is 300 g/mol. The number of nitrogens with one attached hydrogen (secondary N) is 1. The molecule has 4 nitrogen and oxygen atoms in total. The Labute approximate surface area is 131 Å². The molecule has 0 radical (unpaired) electrons. The standard InChI is InChI=1S/C17H13F2N3O/c18-10-3-6-12(14(19)7-10)17-8-13(17)16(23)21-15(22-17)9-1-4-11(20)5-2-9/h1-7,13H,8,20H2,(H,21,22,23). The molecule has 23 heavy (non-hydrogen) atoms. The Hall–Kier alpha value is -2.76. The van der Waals surface area contributed by atoms with Crippen molar-refractivity contribution >= 4 is 17.4 Å². The monoisotopic (exact) mass is 313 g/mol. The Balaban J connectivity index is 1.81. The van der Waals surface area contributed by atoms with Crippen LogP contribution in [-0.4, -0.2) is 11.7 Å². The predicted octanol–water partition coefficient (Wildman–Crippen LogP) is 2.34. The van der Waals surface area contributed by atoms with E-state index in [1.807, 2.05) is 0 Å². The van der Waals surface area contributed by atoms with Gasteiger partial charge in [0.15, 0.2) is 0 Å². The number of nitrogen functional groups attached to an aromatic ring is 1. The maximum atomic E-state index is 14.2. The third-order valence-corrected chi connectivity index (χ3v) is 4.38. The number of benzene rings is 2. The number of amides is 1. The number of fused-ring (bicyclic) bond motifs is 1. The fourth-order valence-corrected chi connectivity index (χ4v) is 3.09. The lowest BCUT2D eigenvalue weighted by Crippen LogP contribution is -2.39. The largest absolute Gasteiger partial charge is 0.399 e. The number of rotatable bonds is 2. The van der Waals surface area contributed by atoms with Gasteiger partial charge < -0.3 is 11.1 Å². The molecule has 2 aromatic rings.